The minimum Gasteiger partial charge on any atom is -0.493 e. The van der Waals surface area contributed by atoms with E-state index in [9.17, 15) is 9.59 Å². The number of rotatable bonds is 4. The zero-order valence-electron chi connectivity index (χ0n) is 15.1. The summed E-state index contributed by atoms with van der Waals surface area (Å²) in [7, 11) is 3.08. The molecule has 6 nitrogen and oxygen atoms in total. The fourth-order valence-electron chi connectivity index (χ4n) is 2.71. The number of nitrogens with zero attached hydrogens (tertiary/aromatic N) is 1. The maximum atomic E-state index is 12.7. The molecular weight excluding hydrogens is 332 g/mol. The molecule has 1 N–H and O–H groups in total. The van der Waals surface area contributed by atoms with Gasteiger partial charge < -0.3 is 9.47 Å². The molecule has 0 bridgehead atoms. The molecule has 1 heterocycles. The lowest BCUT2D eigenvalue weighted by Gasteiger charge is -2.16. The van der Waals surface area contributed by atoms with Gasteiger partial charge in [-0.1, -0.05) is 12.1 Å². The van der Waals surface area contributed by atoms with Crippen LogP contribution in [-0.2, 0) is 9.59 Å². The first-order chi connectivity index (χ1) is 12.4. The average molecular weight is 352 g/mol. The Morgan fingerprint density at radius 3 is 2.31 bits per heavy atom. The second-order valence-electron chi connectivity index (χ2n) is 6.02. The molecule has 134 valence electrons. The molecule has 1 fully saturated rings. The number of nitrogens with one attached hydrogen (secondary N) is 1. The van der Waals surface area contributed by atoms with Gasteiger partial charge in [-0.15, -0.1) is 0 Å². The molecule has 0 saturated carbocycles. The number of hydrogen-bond acceptors (Lipinski definition) is 4. The Kier molecular flexibility index (Phi) is 4.67. The Hall–Kier alpha value is -3.28. The van der Waals surface area contributed by atoms with Crippen LogP contribution in [0.15, 0.2) is 42.0 Å². The van der Waals surface area contributed by atoms with Crippen LogP contribution in [0.2, 0.25) is 0 Å². The first kappa shape index (κ1) is 17.5. The van der Waals surface area contributed by atoms with Crippen LogP contribution in [0.3, 0.4) is 0 Å². The second-order valence-corrected chi connectivity index (χ2v) is 6.02. The van der Waals surface area contributed by atoms with Crippen molar-refractivity contribution in [3.8, 4) is 11.5 Å². The van der Waals surface area contributed by atoms with Crippen molar-refractivity contribution in [3.63, 3.8) is 0 Å². The number of carbonyl (C=O) groups excluding carboxylic acids is 2. The predicted octanol–water partition coefficient (Wildman–Crippen LogP) is 2.78. The zero-order valence-corrected chi connectivity index (χ0v) is 15.1. The smallest absolute Gasteiger partial charge is 0.282 e. The Labute approximate surface area is 152 Å². The summed E-state index contributed by atoms with van der Waals surface area (Å²) in [6.45, 7) is 3.95. The van der Waals surface area contributed by atoms with Gasteiger partial charge in [0.05, 0.1) is 19.9 Å². The number of ether oxygens (including phenoxy) is 2. The third kappa shape index (κ3) is 3.13. The van der Waals surface area contributed by atoms with Gasteiger partial charge in [0.1, 0.15) is 5.57 Å². The molecule has 0 aliphatic carbocycles. The molecule has 3 rings (SSSR count). The van der Waals surface area contributed by atoms with E-state index in [1.165, 1.54) is 12.1 Å². The Morgan fingerprint density at radius 1 is 0.923 bits per heavy atom. The number of methoxy groups -OCH3 is 2. The molecule has 0 unspecified atom stereocenters. The van der Waals surface area contributed by atoms with Crippen molar-refractivity contribution in [3.05, 3.63) is 58.7 Å². The standard InChI is InChI=1S/C20H20N2O4/c1-12-5-7-15(9-13(12)2)22-20(24)16(19(23)21-22)10-14-6-8-17(25-3)18(11-14)26-4/h5-11H,1-4H3,(H,21,23)/b16-10+. The van der Waals surface area contributed by atoms with Gasteiger partial charge in [-0.2, -0.15) is 0 Å². The summed E-state index contributed by atoms with van der Waals surface area (Å²) in [6.07, 6.45) is 1.54. The normalized spacial score (nSPS) is 15.4. The van der Waals surface area contributed by atoms with Crippen molar-refractivity contribution in [1.82, 2.24) is 5.43 Å². The van der Waals surface area contributed by atoms with Crippen LogP contribution < -0.4 is 19.9 Å². The maximum absolute atomic E-state index is 12.7. The summed E-state index contributed by atoms with van der Waals surface area (Å²) < 4.78 is 10.5. The minimum atomic E-state index is -0.442. The van der Waals surface area contributed by atoms with Crippen molar-refractivity contribution in [1.29, 1.82) is 0 Å². The van der Waals surface area contributed by atoms with Crippen LogP contribution >= 0.6 is 0 Å². The Balaban J connectivity index is 1.94. The molecule has 26 heavy (non-hydrogen) atoms. The van der Waals surface area contributed by atoms with E-state index in [2.05, 4.69) is 5.43 Å². The monoisotopic (exact) mass is 352 g/mol. The van der Waals surface area contributed by atoms with Crippen LogP contribution in [0.4, 0.5) is 5.69 Å². The van der Waals surface area contributed by atoms with Crippen molar-refractivity contribution >= 4 is 23.6 Å². The van der Waals surface area contributed by atoms with Gasteiger partial charge in [0.25, 0.3) is 11.8 Å². The van der Waals surface area contributed by atoms with Gasteiger partial charge in [0.2, 0.25) is 0 Å². The van der Waals surface area contributed by atoms with Crippen molar-refractivity contribution < 1.29 is 19.1 Å². The average Bonchev–Trinajstić information content (AvgIpc) is 2.92. The van der Waals surface area contributed by atoms with Gasteiger partial charge >= 0.3 is 0 Å². The molecule has 2 aromatic rings. The highest BCUT2D eigenvalue weighted by Gasteiger charge is 2.34. The quantitative estimate of drug-likeness (QED) is 0.679. The van der Waals surface area contributed by atoms with Crippen LogP contribution in [0.1, 0.15) is 16.7 Å². The summed E-state index contributed by atoms with van der Waals surface area (Å²) in [5.74, 6) is 0.267. The highest BCUT2D eigenvalue weighted by molar-refractivity contribution is 6.31. The molecule has 1 aliphatic heterocycles. The van der Waals surface area contributed by atoms with Crippen molar-refractivity contribution in [2.75, 3.05) is 19.2 Å². The van der Waals surface area contributed by atoms with Gasteiger partial charge in [-0.3, -0.25) is 15.0 Å². The van der Waals surface area contributed by atoms with Gasteiger partial charge in [-0.05, 0) is 60.9 Å². The first-order valence-electron chi connectivity index (χ1n) is 8.11. The maximum Gasteiger partial charge on any atom is 0.282 e. The van der Waals surface area contributed by atoms with E-state index in [1.54, 1.807) is 37.5 Å². The molecule has 1 aliphatic rings. The summed E-state index contributed by atoms with van der Waals surface area (Å²) in [5, 5.41) is 1.27. The van der Waals surface area contributed by atoms with Crippen molar-refractivity contribution in [2.45, 2.75) is 13.8 Å². The fourth-order valence-corrected chi connectivity index (χ4v) is 2.71. The van der Waals surface area contributed by atoms with Crippen LogP contribution in [0.25, 0.3) is 6.08 Å². The lowest BCUT2D eigenvalue weighted by molar-refractivity contribution is -0.117. The number of hydrogen-bond donors (Lipinski definition) is 1. The molecule has 2 amide bonds. The van der Waals surface area contributed by atoms with Gasteiger partial charge in [0, 0.05) is 0 Å². The third-order valence-corrected chi connectivity index (χ3v) is 4.36. The zero-order chi connectivity index (χ0) is 18.8. The molecule has 0 atom stereocenters. The van der Waals surface area contributed by atoms with E-state index in [-0.39, 0.29) is 5.57 Å². The van der Waals surface area contributed by atoms with E-state index < -0.39 is 11.8 Å². The van der Waals surface area contributed by atoms with Crippen LogP contribution in [-0.4, -0.2) is 26.0 Å². The van der Waals surface area contributed by atoms with Crippen molar-refractivity contribution in [2.24, 2.45) is 0 Å². The minimum absolute atomic E-state index is 0.0652. The number of hydrazine groups is 1. The largest absolute Gasteiger partial charge is 0.493 e. The SMILES string of the molecule is COc1ccc(/C=C2\C(=O)NN(c3ccc(C)c(C)c3)C2=O)cc1OC. The molecule has 1 saturated heterocycles. The first-order valence-corrected chi connectivity index (χ1v) is 8.11. The highest BCUT2D eigenvalue weighted by Crippen LogP contribution is 2.29. The fraction of sp³-hybridized carbons (Fsp3) is 0.200. The number of aryl methyl sites for hydroxylation is 2. The Bertz CT molecular complexity index is 918. The van der Waals surface area contributed by atoms with Crippen LogP contribution in [0.5, 0.6) is 11.5 Å². The van der Waals surface area contributed by atoms with Gasteiger partial charge in [0.15, 0.2) is 11.5 Å². The topological polar surface area (TPSA) is 67.9 Å². The molecule has 0 aromatic heterocycles. The summed E-state index contributed by atoms with van der Waals surface area (Å²) in [4.78, 5) is 25.0. The number of benzene rings is 2. The van der Waals surface area contributed by atoms with Gasteiger partial charge in [-0.25, -0.2) is 5.01 Å². The molecular formula is C20H20N2O4. The Morgan fingerprint density at radius 2 is 1.65 bits per heavy atom. The summed E-state index contributed by atoms with van der Waals surface area (Å²) >= 11 is 0. The second kappa shape index (κ2) is 6.92. The molecule has 6 heteroatoms. The predicted molar refractivity (Wildman–Crippen MR) is 99.1 cm³/mol. The number of amides is 2. The van der Waals surface area contributed by atoms with E-state index in [4.69, 9.17) is 9.47 Å². The highest BCUT2D eigenvalue weighted by atomic mass is 16.5. The van der Waals surface area contributed by atoms with Crippen LogP contribution in [0, 0.1) is 13.8 Å². The molecule has 0 spiro atoms. The molecule has 0 radical (unpaired) electrons. The van der Waals surface area contributed by atoms with E-state index >= 15 is 0 Å². The van der Waals surface area contributed by atoms with E-state index in [1.807, 2.05) is 26.0 Å². The summed E-state index contributed by atoms with van der Waals surface area (Å²) in [5.41, 5.74) is 6.13. The van der Waals surface area contributed by atoms with E-state index in [0.717, 1.165) is 11.1 Å². The van der Waals surface area contributed by atoms with E-state index in [0.29, 0.717) is 22.7 Å². The molecule has 2 aromatic carbocycles. The number of carbonyl (C=O) groups is 2. The number of anilines is 1. The summed E-state index contributed by atoms with van der Waals surface area (Å²) in [6, 6.07) is 10.8. The third-order valence-electron chi connectivity index (χ3n) is 4.36. The lowest BCUT2D eigenvalue weighted by Crippen LogP contribution is -2.35. The lowest BCUT2D eigenvalue weighted by atomic mass is 10.1.